The molecule has 1 aromatic carbocycles. The van der Waals surface area contributed by atoms with Crippen molar-refractivity contribution in [3.05, 3.63) is 23.8 Å². The van der Waals surface area contributed by atoms with Crippen LogP contribution in [-0.4, -0.2) is 29.1 Å². The topological polar surface area (TPSA) is 58.6 Å². The molecule has 1 aliphatic heterocycles. The average Bonchev–Trinajstić information content (AvgIpc) is 2.36. The van der Waals surface area contributed by atoms with Crippen molar-refractivity contribution >= 4 is 23.4 Å². The Kier molecular flexibility index (Phi) is 4.14. The highest BCUT2D eigenvalue weighted by molar-refractivity contribution is 7.98. The standard InChI is InChI=1S/C13H17NO3S/c1-8-13(16)14-10-7-9(3-4-12(10)17-8)11(15)5-6-18-2/h3-4,7-8,11,15H,5-6H2,1-2H3,(H,14,16). The Bertz CT molecular complexity index is 450. The number of aliphatic hydroxyl groups excluding tert-OH is 1. The van der Waals surface area contributed by atoms with Gasteiger partial charge < -0.3 is 15.2 Å². The van der Waals surface area contributed by atoms with Crippen molar-refractivity contribution in [2.75, 3.05) is 17.3 Å². The fourth-order valence-electron chi connectivity index (χ4n) is 1.83. The maximum Gasteiger partial charge on any atom is 0.265 e. The minimum atomic E-state index is -0.501. The predicted molar refractivity (Wildman–Crippen MR) is 73.1 cm³/mol. The van der Waals surface area contributed by atoms with Crippen molar-refractivity contribution in [3.8, 4) is 5.75 Å². The number of ether oxygens (including phenoxy) is 1. The maximum absolute atomic E-state index is 11.5. The zero-order chi connectivity index (χ0) is 13.1. The molecule has 1 amide bonds. The van der Waals surface area contributed by atoms with Crippen LogP contribution in [-0.2, 0) is 4.79 Å². The molecule has 0 saturated heterocycles. The molecule has 98 valence electrons. The monoisotopic (exact) mass is 267 g/mol. The SMILES string of the molecule is CSCCC(O)c1ccc2c(c1)NC(=O)C(C)O2. The van der Waals surface area contributed by atoms with Gasteiger partial charge in [0.05, 0.1) is 11.8 Å². The minimum absolute atomic E-state index is 0.154. The number of carbonyl (C=O) groups excluding carboxylic acids is 1. The van der Waals surface area contributed by atoms with Gasteiger partial charge in [0.1, 0.15) is 5.75 Å². The minimum Gasteiger partial charge on any atom is -0.479 e. The normalized spacial score (nSPS) is 19.7. The van der Waals surface area contributed by atoms with Crippen LogP contribution in [0.4, 0.5) is 5.69 Å². The molecule has 4 nitrogen and oxygen atoms in total. The number of hydrogen-bond donors (Lipinski definition) is 2. The summed E-state index contributed by atoms with van der Waals surface area (Å²) < 4.78 is 5.46. The molecule has 1 aromatic rings. The first kappa shape index (κ1) is 13.2. The fraction of sp³-hybridized carbons (Fsp3) is 0.462. The summed E-state index contributed by atoms with van der Waals surface area (Å²) in [6.07, 6.45) is 1.74. The van der Waals surface area contributed by atoms with E-state index in [9.17, 15) is 9.90 Å². The summed E-state index contributed by atoms with van der Waals surface area (Å²) in [6, 6.07) is 5.42. The van der Waals surface area contributed by atoms with Crippen LogP contribution in [0.15, 0.2) is 18.2 Å². The summed E-state index contributed by atoms with van der Waals surface area (Å²) in [5, 5.41) is 12.8. The lowest BCUT2D eigenvalue weighted by Gasteiger charge is -2.24. The number of rotatable bonds is 4. The smallest absolute Gasteiger partial charge is 0.265 e. The van der Waals surface area contributed by atoms with Crippen LogP contribution in [0.25, 0.3) is 0 Å². The lowest BCUT2D eigenvalue weighted by molar-refractivity contribution is -0.122. The predicted octanol–water partition coefficient (Wildman–Crippen LogP) is 2.19. The molecular formula is C13H17NO3S. The molecule has 0 aromatic heterocycles. The zero-order valence-corrected chi connectivity index (χ0v) is 11.3. The largest absolute Gasteiger partial charge is 0.479 e. The second kappa shape index (κ2) is 5.63. The first-order valence-electron chi connectivity index (χ1n) is 5.90. The number of nitrogens with one attached hydrogen (secondary N) is 1. The van der Waals surface area contributed by atoms with Crippen molar-refractivity contribution in [3.63, 3.8) is 0 Å². The number of aliphatic hydroxyl groups is 1. The second-order valence-corrected chi connectivity index (χ2v) is 5.29. The molecule has 2 N–H and O–H groups in total. The van der Waals surface area contributed by atoms with Gasteiger partial charge in [0.25, 0.3) is 5.91 Å². The number of anilines is 1. The maximum atomic E-state index is 11.5. The van der Waals surface area contributed by atoms with E-state index in [-0.39, 0.29) is 5.91 Å². The Morgan fingerprint density at radius 3 is 3.06 bits per heavy atom. The third-order valence-corrected chi connectivity index (χ3v) is 3.56. The van der Waals surface area contributed by atoms with Gasteiger partial charge in [-0.15, -0.1) is 0 Å². The van der Waals surface area contributed by atoms with Gasteiger partial charge in [-0.3, -0.25) is 4.79 Å². The second-order valence-electron chi connectivity index (χ2n) is 4.30. The molecule has 5 heteroatoms. The third-order valence-electron chi connectivity index (χ3n) is 2.91. The van der Waals surface area contributed by atoms with E-state index in [0.717, 1.165) is 11.3 Å². The van der Waals surface area contributed by atoms with Crippen LogP contribution in [0.1, 0.15) is 25.0 Å². The third kappa shape index (κ3) is 2.79. The van der Waals surface area contributed by atoms with E-state index in [1.807, 2.05) is 12.3 Å². The van der Waals surface area contributed by atoms with Crippen molar-refractivity contribution in [1.82, 2.24) is 0 Å². The van der Waals surface area contributed by atoms with E-state index in [4.69, 9.17) is 4.74 Å². The Labute approximate surface area is 111 Å². The van der Waals surface area contributed by atoms with Crippen LogP contribution in [0.2, 0.25) is 0 Å². The molecule has 2 unspecified atom stereocenters. The van der Waals surface area contributed by atoms with Crippen LogP contribution >= 0.6 is 11.8 Å². The average molecular weight is 267 g/mol. The van der Waals surface area contributed by atoms with Crippen LogP contribution in [0.5, 0.6) is 5.75 Å². The number of hydrogen-bond acceptors (Lipinski definition) is 4. The van der Waals surface area contributed by atoms with Gasteiger partial charge >= 0.3 is 0 Å². The number of carbonyl (C=O) groups is 1. The van der Waals surface area contributed by atoms with Crippen LogP contribution in [0.3, 0.4) is 0 Å². The van der Waals surface area contributed by atoms with E-state index < -0.39 is 12.2 Å². The Balaban J connectivity index is 2.17. The molecule has 0 saturated carbocycles. The Morgan fingerprint density at radius 1 is 1.56 bits per heavy atom. The lowest BCUT2D eigenvalue weighted by Crippen LogP contribution is -2.34. The molecule has 2 rings (SSSR count). The van der Waals surface area contributed by atoms with Crippen molar-refractivity contribution in [2.24, 2.45) is 0 Å². The van der Waals surface area contributed by atoms with Gasteiger partial charge in [-0.25, -0.2) is 0 Å². The summed E-state index contributed by atoms with van der Waals surface area (Å²) in [4.78, 5) is 11.5. The molecule has 0 aliphatic carbocycles. The van der Waals surface area contributed by atoms with Crippen molar-refractivity contribution < 1.29 is 14.6 Å². The van der Waals surface area contributed by atoms with Gasteiger partial charge in [-0.05, 0) is 43.0 Å². The van der Waals surface area contributed by atoms with Crippen molar-refractivity contribution in [1.29, 1.82) is 0 Å². The number of fused-ring (bicyclic) bond motifs is 1. The highest BCUT2D eigenvalue weighted by Crippen LogP contribution is 2.32. The van der Waals surface area contributed by atoms with Crippen LogP contribution in [0, 0.1) is 0 Å². The highest BCUT2D eigenvalue weighted by Gasteiger charge is 2.24. The first-order valence-corrected chi connectivity index (χ1v) is 7.29. The van der Waals surface area contributed by atoms with Crippen molar-refractivity contribution in [2.45, 2.75) is 25.6 Å². The summed E-state index contributed by atoms with van der Waals surface area (Å²) >= 11 is 1.70. The van der Waals surface area contributed by atoms with Gasteiger partial charge in [0.2, 0.25) is 0 Å². The summed E-state index contributed by atoms with van der Waals surface area (Å²) in [5.74, 6) is 1.40. The van der Waals surface area contributed by atoms with Gasteiger partial charge in [0.15, 0.2) is 6.10 Å². The van der Waals surface area contributed by atoms with Crippen LogP contribution < -0.4 is 10.1 Å². The quantitative estimate of drug-likeness (QED) is 0.878. The molecule has 0 spiro atoms. The molecule has 0 fully saturated rings. The molecule has 1 aliphatic rings. The molecular weight excluding hydrogens is 250 g/mol. The molecule has 2 atom stereocenters. The number of benzene rings is 1. The lowest BCUT2D eigenvalue weighted by atomic mass is 10.1. The highest BCUT2D eigenvalue weighted by atomic mass is 32.2. The molecule has 18 heavy (non-hydrogen) atoms. The fourth-order valence-corrected chi connectivity index (χ4v) is 2.29. The van der Waals surface area contributed by atoms with Gasteiger partial charge in [-0.1, -0.05) is 6.07 Å². The molecule has 1 heterocycles. The van der Waals surface area contributed by atoms with E-state index in [2.05, 4.69) is 5.32 Å². The molecule has 0 radical (unpaired) electrons. The zero-order valence-electron chi connectivity index (χ0n) is 10.5. The number of amides is 1. The summed E-state index contributed by atoms with van der Waals surface area (Å²) in [7, 11) is 0. The molecule has 0 bridgehead atoms. The summed E-state index contributed by atoms with van der Waals surface area (Å²) in [6.45, 7) is 1.71. The van der Waals surface area contributed by atoms with E-state index in [1.54, 1.807) is 30.8 Å². The van der Waals surface area contributed by atoms with E-state index in [0.29, 0.717) is 17.9 Å². The van der Waals surface area contributed by atoms with E-state index in [1.165, 1.54) is 0 Å². The van der Waals surface area contributed by atoms with E-state index >= 15 is 0 Å². The Hall–Kier alpha value is -1.20. The van der Waals surface area contributed by atoms with Gasteiger partial charge in [0, 0.05) is 0 Å². The van der Waals surface area contributed by atoms with Gasteiger partial charge in [-0.2, -0.15) is 11.8 Å². The summed E-state index contributed by atoms with van der Waals surface area (Å²) in [5.41, 5.74) is 1.44. The first-order chi connectivity index (χ1) is 8.61. The Morgan fingerprint density at radius 2 is 2.33 bits per heavy atom. The number of thioether (sulfide) groups is 1.